The molecule has 0 radical (unpaired) electrons. The molecule has 0 aromatic carbocycles. The molecule has 0 aliphatic carbocycles. The zero-order valence-corrected chi connectivity index (χ0v) is 16.6. The molecule has 0 saturated carbocycles. The molecule has 0 aromatic rings. The Labute approximate surface area is 141 Å². The molecule has 4 saturated heterocycles. The van der Waals surface area contributed by atoms with Gasteiger partial charge in [0, 0.05) is 0 Å². The van der Waals surface area contributed by atoms with Crippen LogP contribution in [0.15, 0.2) is 0 Å². The van der Waals surface area contributed by atoms with Crippen LogP contribution >= 0.6 is 17.2 Å². The Kier molecular flexibility index (Phi) is 4.93. The third-order valence-corrected chi connectivity index (χ3v) is 12.4. The fraction of sp³-hybridized carbons (Fsp3) is 1.00. The van der Waals surface area contributed by atoms with Crippen LogP contribution in [0.25, 0.3) is 0 Å². The Morgan fingerprint density at radius 2 is 1.32 bits per heavy atom. The number of fused-ring (bicyclic) bond motifs is 4. The van der Waals surface area contributed by atoms with E-state index in [1.807, 2.05) is 0 Å². The SMILES string of the molecule is CCCC(C12CCCCC(CC1)P2)C12CCCCC(CC1)P2. The molecule has 22 heavy (non-hydrogen) atoms. The molecule has 4 bridgehead atoms. The average molecular weight is 338 g/mol. The Morgan fingerprint density at radius 1 is 0.773 bits per heavy atom. The third kappa shape index (κ3) is 2.84. The van der Waals surface area contributed by atoms with E-state index in [4.69, 9.17) is 0 Å². The summed E-state index contributed by atoms with van der Waals surface area (Å²) in [6, 6.07) is 0. The maximum absolute atomic E-state index is 2.47. The highest BCUT2D eigenvalue weighted by Crippen LogP contribution is 2.69. The highest BCUT2D eigenvalue weighted by molar-refractivity contribution is 7.42. The topological polar surface area (TPSA) is 0 Å². The van der Waals surface area contributed by atoms with Crippen molar-refractivity contribution >= 4 is 17.2 Å². The molecule has 4 rings (SSSR count). The molecular formula is C20H36P2. The van der Waals surface area contributed by atoms with Gasteiger partial charge in [0.1, 0.15) is 0 Å². The number of hydrogen-bond acceptors (Lipinski definition) is 0. The molecule has 4 heterocycles. The van der Waals surface area contributed by atoms with E-state index in [1.54, 1.807) is 83.5 Å². The van der Waals surface area contributed by atoms with Crippen LogP contribution in [0.1, 0.15) is 96.8 Å². The zero-order valence-electron chi connectivity index (χ0n) is 14.6. The second-order valence-corrected chi connectivity index (χ2v) is 13.1. The van der Waals surface area contributed by atoms with Crippen molar-refractivity contribution in [2.45, 2.75) is 118 Å². The summed E-state index contributed by atoms with van der Waals surface area (Å²) in [7, 11) is 2.69. The summed E-state index contributed by atoms with van der Waals surface area (Å²) in [5.41, 5.74) is 2.29. The zero-order chi connectivity index (χ0) is 15.0. The molecule has 0 amide bonds. The van der Waals surface area contributed by atoms with Gasteiger partial charge in [0.2, 0.25) is 0 Å². The fourth-order valence-electron chi connectivity index (χ4n) is 6.72. The van der Waals surface area contributed by atoms with Gasteiger partial charge in [-0.1, -0.05) is 39.0 Å². The van der Waals surface area contributed by atoms with Crippen LogP contribution < -0.4 is 0 Å². The maximum Gasteiger partial charge on any atom is -0.00824 e. The Morgan fingerprint density at radius 3 is 1.82 bits per heavy atom. The highest BCUT2D eigenvalue weighted by atomic mass is 31.1. The number of hydrogen-bond donors (Lipinski definition) is 0. The monoisotopic (exact) mass is 338 g/mol. The maximum atomic E-state index is 2.47. The van der Waals surface area contributed by atoms with E-state index in [1.165, 1.54) is 23.6 Å². The minimum Gasteiger partial charge on any atom is -0.112 e. The van der Waals surface area contributed by atoms with Gasteiger partial charge in [-0.2, -0.15) is 0 Å². The van der Waals surface area contributed by atoms with Crippen LogP contribution in [-0.4, -0.2) is 21.6 Å². The summed E-state index contributed by atoms with van der Waals surface area (Å²) in [6.07, 6.45) is 22.1. The summed E-state index contributed by atoms with van der Waals surface area (Å²) >= 11 is 0. The molecule has 4 aliphatic heterocycles. The van der Waals surface area contributed by atoms with Gasteiger partial charge in [0.05, 0.1) is 0 Å². The van der Waals surface area contributed by atoms with Gasteiger partial charge in [-0.3, -0.25) is 0 Å². The van der Waals surface area contributed by atoms with Crippen molar-refractivity contribution in [3.8, 4) is 0 Å². The lowest BCUT2D eigenvalue weighted by atomic mass is 9.69. The Balaban J connectivity index is 1.65. The third-order valence-electron chi connectivity index (χ3n) is 7.62. The van der Waals surface area contributed by atoms with Crippen molar-refractivity contribution in [1.82, 2.24) is 0 Å². The van der Waals surface area contributed by atoms with Crippen LogP contribution in [0.2, 0.25) is 0 Å². The second-order valence-electron chi connectivity index (χ2n) is 8.90. The number of rotatable bonds is 4. The minimum atomic E-state index is 0.823. The standard InChI is InChI=1S/C20H36P2/c1-2-7-18(19-12-5-3-8-16(21-19)10-14-19)20-13-6-4-9-17(22-20)11-15-20/h16-18,21-22H,2-15H2,1H3. The first-order chi connectivity index (χ1) is 10.8. The lowest BCUT2D eigenvalue weighted by molar-refractivity contribution is 0.219. The van der Waals surface area contributed by atoms with Crippen LogP contribution in [0.3, 0.4) is 0 Å². The van der Waals surface area contributed by atoms with Crippen molar-refractivity contribution in [2.75, 3.05) is 0 Å². The van der Waals surface area contributed by atoms with E-state index in [0.717, 1.165) is 27.5 Å². The van der Waals surface area contributed by atoms with Crippen LogP contribution in [-0.2, 0) is 0 Å². The Bertz CT molecular complexity index is 361. The van der Waals surface area contributed by atoms with E-state index in [9.17, 15) is 0 Å². The van der Waals surface area contributed by atoms with Crippen LogP contribution in [0.5, 0.6) is 0 Å². The summed E-state index contributed by atoms with van der Waals surface area (Å²) in [6.45, 7) is 2.47. The van der Waals surface area contributed by atoms with Gasteiger partial charge in [0.25, 0.3) is 0 Å². The van der Waals surface area contributed by atoms with E-state index in [0.29, 0.717) is 0 Å². The molecule has 6 atom stereocenters. The van der Waals surface area contributed by atoms with Gasteiger partial charge in [0.15, 0.2) is 0 Å². The van der Waals surface area contributed by atoms with Gasteiger partial charge in [-0.25, -0.2) is 0 Å². The molecule has 0 spiro atoms. The van der Waals surface area contributed by atoms with E-state index < -0.39 is 0 Å². The first kappa shape index (κ1) is 16.3. The van der Waals surface area contributed by atoms with Crippen molar-refractivity contribution in [2.24, 2.45) is 5.92 Å². The van der Waals surface area contributed by atoms with Gasteiger partial charge in [-0.05, 0) is 85.3 Å². The van der Waals surface area contributed by atoms with Crippen LogP contribution in [0.4, 0.5) is 0 Å². The molecule has 0 nitrogen and oxygen atoms in total. The lowest BCUT2D eigenvalue weighted by Gasteiger charge is -2.49. The quantitative estimate of drug-likeness (QED) is 0.500. The van der Waals surface area contributed by atoms with Gasteiger partial charge in [-0.15, -0.1) is 17.2 Å². The molecule has 4 fully saturated rings. The predicted molar refractivity (Wildman–Crippen MR) is 103 cm³/mol. The van der Waals surface area contributed by atoms with Crippen molar-refractivity contribution < 1.29 is 0 Å². The normalized spacial score (nSPS) is 48.4. The summed E-state index contributed by atoms with van der Waals surface area (Å²) in [4.78, 5) is 0. The average Bonchev–Trinajstić information content (AvgIpc) is 2.94. The summed E-state index contributed by atoms with van der Waals surface area (Å²) in [5, 5.41) is 1.65. The first-order valence-corrected chi connectivity index (χ1v) is 12.5. The van der Waals surface area contributed by atoms with E-state index in [2.05, 4.69) is 6.92 Å². The Hall–Kier alpha value is 0.860. The smallest absolute Gasteiger partial charge is 0.00824 e. The van der Waals surface area contributed by atoms with Gasteiger partial charge >= 0.3 is 0 Å². The molecule has 4 aliphatic rings. The van der Waals surface area contributed by atoms with Crippen LogP contribution in [0, 0.1) is 5.92 Å². The van der Waals surface area contributed by atoms with Gasteiger partial charge < -0.3 is 0 Å². The highest BCUT2D eigenvalue weighted by Gasteiger charge is 2.55. The molecule has 2 heteroatoms. The largest absolute Gasteiger partial charge is 0.112 e. The minimum absolute atomic E-state index is 0.823. The lowest BCUT2D eigenvalue weighted by Crippen LogP contribution is -2.45. The molecule has 0 N–H and O–H groups in total. The molecular weight excluding hydrogens is 302 g/mol. The van der Waals surface area contributed by atoms with E-state index in [-0.39, 0.29) is 0 Å². The van der Waals surface area contributed by atoms with Crippen molar-refractivity contribution in [1.29, 1.82) is 0 Å². The molecule has 126 valence electrons. The first-order valence-electron chi connectivity index (χ1n) is 10.3. The predicted octanol–water partition coefficient (Wildman–Crippen LogP) is 6.71. The molecule has 0 aromatic heterocycles. The summed E-state index contributed by atoms with van der Waals surface area (Å²) < 4.78 is 0. The second kappa shape index (κ2) is 6.64. The van der Waals surface area contributed by atoms with Crippen molar-refractivity contribution in [3.63, 3.8) is 0 Å². The molecule has 6 unspecified atom stereocenters. The van der Waals surface area contributed by atoms with Crippen molar-refractivity contribution in [3.05, 3.63) is 0 Å². The van der Waals surface area contributed by atoms with E-state index >= 15 is 0 Å². The summed E-state index contributed by atoms with van der Waals surface area (Å²) in [5.74, 6) is 1.12. The fourth-order valence-corrected chi connectivity index (χ4v) is 12.2.